The summed E-state index contributed by atoms with van der Waals surface area (Å²) >= 11 is 0. The van der Waals surface area contributed by atoms with Gasteiger partial charge in [-0.05, 0) is 36.2 Å². The van der Waals surface area contributed by atoms with Gasteiger partial charge >= 0.3 is 0 Å². The molecule has 0 spiro atoms. The van der Waals surface area contributed by atoms with E-state index in [1.165, 1.54) is 5.56 Å². The Morgan fingerprint density at radius 1 is 1.10 bits per heavy atom. The van der Waals surface area contributed by atoms with Gasteiger partial charge in [-0.15, -0.1) is 0 Å². The van der Waals surface area contributed by atoms with E-state index in [1.54, 1.807) is 20.4 Å². The molecule has 0 radical (unpaired) electrons. The maximum atomic E-state index is 5.29. The van der Waals surface area contributed by atoms with Crippen LogP contribution < -0.4 is 26.1 Å². The van der Waals surface area contributed by atoms with E-state index in [1.807, 2.05) is 30.3 Å². The second-order valence-corrected chi connectivity index (χ2v) is 4.44. The largest absolute Gasteiger partial charge is 0.493 e. The van der Waals surface area contributed by atoms with Gasteiger partial charge in [0.25, 0.3) is 0 Å². The summed E-state index contributed by atoms with van der Waals surface area (Å²) in [6.45, 7) is 0.776. The van der Waals surface area contributed by atoms with Crippen molar-refractivity contribution in [1.82, 2.24) is 4.98 Å². The van der Waals surface area contributed by atoms with Gasteiger partial charge in [0.05, 0.1) is 26.1 Å². The average Bonchev–Trinajstić information content (AvgIpc) is 2.55. The predicted octanol–water partition coefficient (Wildman–Crippen LogP) is 2.04. The van der Waals surface area contributed by atoms with E-state index in [9.17, 15) is 0 Å². The minimum absolute atomic E-state index is 0.737. The van der Waals surface area contributed by atoms with E-state index in [2.05, 4.69) is 15.7 Å². The van der Waals surface area contributed by atoms with Gasteiger partial charge in [0.2, 0.25) is 0 Å². The molecule has 0 aliphatic carbocycles. The lowest BCUT2D eigenvalue weighted by molar-refractivity contribution is 0.354. The molecule has 21 heavy (non-hydrogen) atoms. The number of anilines is 2. The molecule has 112 valence electrons. The Balaban J connectivity index is 1.90. The first kappa shape index (κ1) is 14.9. The molecule has 0 bridgehead atoms. The maximum Gasteiger partial charge on any atom is 0.160 e. The van der Waals surface area contributed by atoms with Crippen molar-refractivity contribution in [3.63, 3.8) is 0 Å². The van der Waals surface area contributed by atoms with E-state index in [4.69, 9.17) is 15.3 Å². The van der Waals surface area contributed by atoms with Crippen LogP contribution in [0.15, 0.2) is 36.5 Å². The number of methoxy groups -OCH3 is 2. The van der Waals surface area contributed by atoms with Crippen LogP contribution >= 0.6 is 0 Å². The summed E-state index contributed by atoms with van der Waals surface area (Å²) in [6.07, 6.45) is 2.54. The summed E-state index contributed by atoms with van der Waals surface area (Å²) in [4.78, 5) is 4.24. The number of nitrogens with zero attached hydrogens (tertiary/aromatic N) is 1. The lowest BCUT2D eigenvalue weighted by Crippen LogP contribution is -2.09. The fraction of sp³-hybridized carbons (Fsp3) is 0.267. The molecule has 0 saturated carbocycles. The van der Waals surface area contributed by atoms with E-state index in [0.29, 0.717) is 0 Å². The van der Waals surface area contributed by atoms with Gasteiger partial charge in [-0.2, -0.15) is 0 Å². The molecule has 0 aliphatic rings. The SMILES string of the molecule is COc1ccc(CCNc2ccc(NN)cn2)cc1OC. The van der Waals surface area contributed by atoms with E-state index in [-0.39, 0.29) is 0 Å². The van der Waals surface area contributed by atoms with Crippen molar-refractivity contribution in [2.75, 3.05) is 31.5 Å². The number of hydrogen-bond donors (Lipinski definition) is 3. The molecule has 2 rings (SSSR count). The summed E-state index contributed by atoms with van der Waals surface area (Å²) in [7, 11) is 3.27. The Morgan fingerprint density at radius 3 is 2.52 bits per heavy atom. The quantitative estimate of drug-likeness (QED) is 0.534. The molecule has 2 aromatic rings. The van der Waals surface area contributed by atoms with Crippen molar-refractivity contribution >= 4 is 11.5 Å². The van der Waals surface area contributed by atoms with Gasteiger partial charge in [0.1, 0.15) is 5.82 Å². The van der Waals surface area contributed by atoms with Crippen molar-refractivity contribution in [3.8, 4) is 11.5 Å². The molecule has 6 nitrogen and oxygen atoms in total. The highest BCUT2D eigenvalue weighted by molar-refractivity contribution is 5.46. The third kappa shape index (κ3) is 4.00. The van der Waals surface area contributed by atoms with Crippen molar-refractivity contribution in [1.29, 1.82) is 0 Å². The molecule has 1 heterocycles. The van der Waals surface area contributed by atoms with Crippen LogP contribution in [0.5, 0.6) is 11.5 Å². The highest BCUT2D eigenvalue weighted by Crippen LogP contribution is 2.27. The zero-order valence-electron chi connectivity index (χ0n) is 12.2. The van der Waals surface area contributed by atoms with Gasteiger partial charge in [-0.1, -0.05) is 6.07 Å². The van der Waals surface area contributed by atoms with Crippen LogP contribution in [0.3, 0.4) is 0 Å². The molecular formula is C15H20N4O2. The number of pyridine rings is 1. The van der Waals surface area contributed by atoms with Gasteiger partial charge in [-0.25, -0.2) is 4.98 Å². The third-order valence-corrected chi connectivity index (χ3v) is 3.10. The Bertz CT molecular complexity index is 572. The number of nitrogens with two attached hydrogens (primary N) is 1. The number of hydrogen-bond acceptors (Lipinski definition) is 6. The van der Waals surface area contributed by atoms with Crippen molar-refractivity contribution in [3.05, 3.63) is 42.1 Å². The monoisotopic (exact) mass is 288 g/mol. The first-order chi connectivity index (χ1) is 10.3. The normalized spacial score (nSPS) is 10.0. The van der Waals surface area contributed by atoms with Crippen LogP contribution in [0.4, 0.5) is 11.5 Å². The van der Waals surface area contributed by atoms with Gasteiger partial charge in [0.15, 0.2) is 11.5 Å². The Morgan fingerprint density at radius 2 is 1.90 bits per heavy atom. The predicted molar refractivity (Wildman–Crippen MR) is 83.8 cm³/mol. The molecule has 4 N–H and O–H groups in total. The molecule has 1 aromatic heterocycles. The molecule has 6 heteroatoms. The number of hydrazine groups is 1. The Kier molecular flexibility index (Phi) is 5.22. The molecule has 0 aliphatic heterocycles. The number of benzene rings is 1. The molecule has 0 amide bonds. The van der Waals surface area contributed by atoms with Gasteiger partial charge in [-0.3, -0.25) is 5.84 Å². The minimum atomic E-state index is 0.737. The van der Waals surface area contributed by atoms with Crippen LogP contribution in [0, 0.1) is 0 Å². The number of rotatable bonds is 7. The van der Waals surface area contributed by atoms with Crippen LogP contribution in [-0.2, 0) is 6.42 Å². The fourth-order valence-corrected chi connectivity index (χ4v) is 1.95. The fourth-order valence-electron chi connectivity index (χ4n) is 1.95. The number of ether oxygens (including phenoxy) is 2. The summed E-state index contributed by atoms with van der Waals surface area (Å²) in [5.74, 6) is 7.59. The zero-order chi connectivity index (χ0) is 15.1. The third-order valence-electron chi connectivity index (χ3n) is 3.10. The lowest BCUT2D eigenvalue weighted by atomic mass is 10.1. The standard InChI is InChI=1S/C15H20N4O2/c1-20-13-5-3-11(9-14(13)21-2)7-8-17-15-6-4-12(19-16)10-18-15/h3-6,9-10,19H,7-8,16H2,1-2H3,(H,17,18). The molecular weight excluding hydrogens is 268 g/mol. The van der Waals surface area contributed by atoms with E-state index >= 15 is 0 Å². The van der Waals surface area contributed by atoms with E-state index < -0.39 is 0 Å². The highest BCUT2D eigenvalue weighted by atomic mass is 16.5. The summed E-state index contributed by atoms with van der Waals surface area (Å²) in [6, 6.07) is 9.66. The molecule has 0 atom stereocenters. The number of aromatic nitrogens is 1. The zero-order valence-corrected chi connectivity index (χ0v) is 12.2. The van der Waals surface area contributed by atoms with Crippen LogP contribution in [-0.4, -0.2) is 25.7 Å². The highest BCUT2D eigenvalue weighted by Gasteiger charge is 2.04. The van der Waals surface area contributed by atoms with Crippen molar-refractivity contribution in [2.45, 2.75) is 6.42 Å². The second kappa shape index (κ2) is 7.35. The van der Waals surface area contributed by atoms with Crippen molar-refractivity contribution < 1.29 is 9.47 Å². The van der Waals surface area contributed by atoms with E-state index in [0.717, 1.165) is 36.0 Å². The minimum Gasteiger partial charge on any atom is -0.493 e. The van der Waals surface area contributed by atoms with Crippen LogP contribution in [0.2, 0.25) is 0 Å². The van der Waals surface area contributed by atoms with Gasteiger partial charge in [0, 0.05) is 6.54 Å². The first-order valence-corrected chi connectivity index (χ1v) is 6.64. The lowest BCUT2D eigenvalue weighted by Gasteiger charge is -2.10. The molecule has 0 unspecified atom stereocenters. The summed E-state index contributed by atoms with van der Waals surface area (Å²) in [5.41, 5.74) is 4.49. The number of nitrogens with one attached hydrogen (secondary N) is 2. The van der Waals surface area contributed by atoms with Crippen LogP contribution in [0.25, 0.3) is 0 Å². The molecule has 1 aromatic carbocycles. The molecule has 0 fully saturated rings. The second-order valence-electron chi connectivity index (χ2n) is 4.44. The Labute approximate surface area is 124 Å². The number of nitrogen functional groups attached to an aromatic ring is 1. The maximum absolute atomic E-state index is 5.29. The molecule has 0 saturated heterocycles. The topological polar surface area (TPSA) is 81.4 Å². The summed E-state index contributed by atoms with van der Waals surface area (Å²) in [5, 5.41) is 3.26. The smallest absolute Gasteiger partial charge is 0.160 e. The van der Waals surface area contributed by atoms with Crippen LogP contribution in [0.1, 0.15) is 5.56 Å². The summed E-state index contributed by atoms with van der Waals surface area (Å²) < 4.78 is 10.5. The Hall–Kier alpha value is -2.47. The van der Waals surface area contributed by atoms with Crippen molar-refractivity contribution in [2.24, 2.45) is 5.84 Å². The van der Waals surface area contributed by atoms with Gasteiger partial charge < -0.3 is 20.2 Å². The first-order valence-electron chi connectivity index (χ1n) is 6.64. The average molecular weight is 288 g/mol.